The minimum atomic E-state index is -0.872. The lowest BCUT2D eigenvalue weighted by molar-refractivity contribution is -0.117. The normalized spacial score (nSPS) is 19.9. The minimum absolute atomic E-state index is 0.102. The van der Waals surface area contributed by atoms with E-state index in [1.54, 1.807) is 0 Å². The molecule has 1 aromatic carbocycles. The molecule has 1 atom stereocenters. The Morgan fingerprint density at radius 1 is 1.40 bits per heavy atom. The fourth-order valence-corrected chi connectivity index (χ4v) is 2.69. The number of amides is 1. The zero-order valence-electron chi connectivity index (χ0n) is 11.8. The molecule has 0 radical (unpaired) electrons. The van der Waals surface area contributed by atoms with Crippen molar-refractivity contribution in [3.05, 3.63) is 29.8 Å². The van der Waals surface area contributed by atoms with Crippen molar-refractivity contribution in [2.45, 2.75) is 31.1 Å². The number of alkyl halides is 2. The molecule has 1 aliphatic rings. The van der Waals surface area contributed by atoms with Crippen molar-refractivity contribution in [3.8, 4) is 0 Å². The number of benzene rings is 1. The Labute approximate surface area is 130 Å². The van der Waals surface area contributed by atoms with Crippen LogP contribution in [0.25, 0.3) is 0 Å². The smallest absolute Gasteiger partial charge is 0.230 e. The maximum absolute atomic E-state index is 11.9. The molecule has 3 nitrogen and oxygen atoms in total. The second kappa shape index (κ2) is 6.33. The van der Waals surface area contributed by atoms with E-state index in [9.17, 15) is 4.79 Å². The van der Waals surface area contributed by atoms with Gasteiger partial charge in [-0.15, -0.1) is 23.2 Å². The average Bonchev–Trinajstić information content (AvgIpc) is 3.06. The zero-order chi connectivity index (χ0) is 14.8. The third-order valence-corrected chi connectivity index (χ3v) is 4.47. The van der Waals surface area contributed by atoms with Crippen molar-refractivity contribution in [2.24, 2.45) is 5.92 Å². The fourth-order valence-electron chi connectivity index (χ4n) is 2.18. The van der Waals surface area contributed by atoms with Crippen LogP contribution in [0, 0.1) is 5.92 Å². The number of carbonyl (C=O) groups is 1. The molecule has 1 saturated carbocycles. The number of anilines is 1. The maximum Gasteiger partial charge on any atom is 0.230 e. The summed E-state index contributed by atoms with van der Waals surface area (Å²) in [5, 5.41) is 2.88. The number of hydrogen-bond donors (Lipinski definition) is 1. The Morgan fingerprint density at radius 2 is 2.05 bits per heavy atom. The molecule has 1 amide bonds. The van der Waals surface area contributed by atoms with Gasteiger partial charge in [0.2, 0.25) is 5.91 Å². The lowest BCUT2D eigenvalue weighted by Crippen LogP contribution is -2.22. The largest absolute Gasteiger partial charge is 0.326 e. The number of hydrogen-bond acceptors (Lipinski definition) is 2. The summed E-state index contributed by atoms with van der Waals surface area (Å²) >= 11 is 11.8. The van der Waals surface area contributed by atoms with E-state index in [1.165, 1.54) is 5.56 Å². The molecule has 0 saturated heterocycles. The van der Waals surface area contributed by atoms with Crippen LogP contribution in [0.1, 0.15) is 25.8 Å². The van der Waals surface area contributed by atoms with Crippen LogP contribution in [0.15, 0.2) is 24.3 Å². The van der Waals surface area contributed by atoms with E-state index in [4.69, 9.17) is 23.2 Å². The summed E-state index contributed by atoms with van der Waals surface area (Å²) < 4.78 is -0.872. The third kappa shape index (κ3) is 3.87. The summed E-state index contributed by atoms with van der Waals surface area (Å²) in [4.78, 5) is 14.3. The van der Waals surface area contributed by atoms with E-state index in [-0.39, 0.29) is 11.8 Å². The van der Waals surface area contributed by atoms with Gasteiger partial charge in [-0.2, -0.15) is 0 Å². The molecule has 2 rings (SSSR count). The van der Waals surface area contributed by atoms with E-state index in [0.29, 0.717) is 6.42 Å². The highest BCUT2D eigenvalue weighted by atomic mass is 35.5. The quantitative estimate of drug-likeness (QED) is 0.813. The van der Waals surface area contributed by atoms with Gasteiger partial charge in [0.15, 0.2) is 0 Å². The van der Waals surface area contributed by atoms with E-state index in [2.05, 4.69) is 30.1 Å². The first kappa shape index (κ1) is 15.6. The highest BCUT2D eigenvalue weighted by Crippen LogP contribution is 2.53. The van der Waals surface area contributed by atoms with Crippen molar-refractivity contribution >= 4 is 34.8 Å². The van der Waals surface area contributed by atoms with Crippen LogP contribution < -0.4 is 5.32 Å². The monoisotopic (exact) mass is 314 g/mol. The Hall–Kier alpha value is -0.770. The molecule has 0 aliphatic heterocycles. The number of halogens is 2. The summed E-state index contributed by atoms with van der Waals surface area (Å²) in [5.74, 6) is -0.396. The van der Waals surface area contributed by atoms with Crippen LogP contribution in [0.2, 0.25) is 0 Å². The molecule has 5 heteroatoms. The van der Waals surface area contributed by atoms with Crippen molar-refractivity contribution in [1.82, 2.24) is 4.90 Å². The van der Waals surface area contributed by atoms with Gasteiger partial charge >= 0.3 is 0 Å². The van der Waals surface area contributed by atoms with E-state index >= 15 is 0 Å². The van der Waals surface area contributed by atoms with E-state index < -0.39 is 4.33 Å². The lowest BCUT2D eigenvalue weighted by Gasteiger charge is -2.18. The summed E-state index contributed by atoms with van der Waals surface area (Å²) in [5.41, 5.74) is 1.99. The molecule has 20 heavy (non-hydrogen) atoms. The fraction of sp³-hybridized carbons (Fsp3) is 0.533. The summed E-state index contributed by atoms with van der Waals surface area (Å²) in [6.45, 7) is 7.19. The van der Waals surface area contributed by atoms with Crippen LogP contribution in [0.5, 0.6) is 0 Å². The highest BCUT2D eigenvalue weighted by Gasteiger charge is 2.56. The van der Waals surface area contributed by atoms with Crippen LogP contribution >= 0.6 is 23.2 Å². The average molecular weight is 315 g/mol. The lowest BCUT2D eigenvalue weighted by atomic mass is 10.2. The predicted octanol–water partition coefficient (Wildman–Crippen LogP) is 3.66. The number of nitrogens with one attached hydrogen (secondary N) is 1. The SMILES string of the molecule is CCN(CC)Cc1cccc(NC(=O)C2CC2(Cl)Cl)c1. The topological polar surface area (TPSA) is 32.3 Å². The van der Waals surface area contributed by atoms with Crippen LogP contribution in [0.3, 0.4) is 0 Å². The predicted molar refractivity (Wildman–Crippen MR) is 84.2 cm³/mol. The van der Waals surface area contributed by atoms with Crippen LogP contribution in [-0.4, -0.2) is 28.2 Å². The van der Waals surface area contributed by atoms with E-state index in [0.717, 1.165) is 25.3 Å². The number of nitrogens with zero attached hydrogens (tertiary/aromatic N) is 1. The molecule has 1 N–H and O–H groups in total. The molecule has 1 aromatic rings. The van der Waals surface area contributed by atoms with Gasteiger partial charge in [-0.1, -0.05) is 26.0 Å². The highest BCUT2D eigenvalue weighted by molar-refractivity contribution is 6.52. The molecule has 0 heterocycles. The Balaban J connectivity index is 1.97. The first-order valence-corrected chi connectivity index (χ1v) is 7.71. The summed E-state index contributed by atoms with van der Waals surface area (Å²) in [6.07, 6.45) is 0.529. The Morgan fingerprint density at radius 3 is 2.60 bits per heavy atom. The molecule has 0 aromatic heterocycles. The molecule has 0 spiro atoms. The van der Waals surface area contributed by atoms with Gasteiger partial charge in [0.05, 0.1) is 5.92 Å². The van der Waals surface area contributed by atoms with Gasteiger partial charge in [0.1, 0.15) is 4.33 Å². The van der Waals surface area contributed by atoms with Gasteiger partial charge in [-0.25, -0.2) is 0 Å². The second-order valence-electron chi connectivity index (χ2n) is 5.17. The first-order valence-electron chi connectivity index (χ1n) is 6.96. The molecular weight excluding hydrogens is 295 g/mol. The summed E-state index contributed by atoms with van der Waals surface area (Å²) in [6, 6.07) is 7.91. The number of carbonyl (C=O) groups excluding carboxylic acids is 1. The molecule has 1 aliphatic carbocycles. The van der Waals surface area contributed by atoms with Crippen molar-refractivity contribution in [2.75, 3.05) is 18.4 Å². The summed E-state index contributed by atoms with van der Waals surface area (Å²) in [7, 11) is 0. The van der Waals surface area contributed by atoms with E-state index in [1.807, 2.05) is 18.2 Å². The Bertz CT molecular complexity index is 487. The third-order valence-electron chi connectivity index (χ3n) is 3.64. The van der Waals surface area contributed by atoms with Crippen molar-refractivity contribution in [3.63, 3.8) is 0 Å². The Kier molecular flexibility index (Phi) is 4.95. The van der Waals surface area contributed by atoms with Crippen LogP contribution in [-0.2, 0) is 11.3 Å². The standard InChI is InChI=1S/C15H20Cl2N2O/c1-3-19(4-2)10-11-6-5-7-12(8-11)18-14(20)13-9-15(13,16)17/h5-8,13H,3-4,9-10H2,1-2H3,(H,18,20). The zero-order valence-corrected chi connectivity index (χ0v) is 13.3. The van der Waals surface area contributed by atoms with Crippen molar-refractivity contribution in [1.29, 1.82) is 0 Å². The van der Waals surface area contributed by atoms with Crippen LogP contribution in [0.4, 0.5) is 5.69 Å². The number of rotatable bonds is 6. The molecule has 0 bridgehead atoms. The molecule has 110 valence electrons. The molecule has 1 fully saturated rings. The van der Waals surface area contributed by atoms with Crippen molar-refractivity contribution < 1.29 is 4.79 Å². The van der Waals surface area contributed by atoms with Gasteiger partial charge < -0.3 is 5.32 Å². The van der Waals surface area contributed by atoms with Gasteiger partial charge in [-0.3, -0.25) is 9.69 Å². The first-order chi connectivity index (χ1) is 9.46. The second-order valence-corrected chi connectivity index (χ2v) is 6.71. The molecule has 1 unspecified atom stereocenters. The minimum Gasteiger partial charge on any atom is -0.326 e. The molecular formula is C15H20Cl2N2O. The maximum atomic E-state index is 11.9. The van der Waals surface area contributed by atoms with Gasteiger partial charge in [0, 0.05) is 12.2 Å². The van der Waals surface area contributed by atoms with Gasteiger partial charge in [-0.05, 0) is 37.2 Å². The van der Waals surface area contributed by atoms with Gasteiger partial charge in [0.25, 0.3) is 0 Å².